The predicted octanol–water partition coefficient (Wildman–Crippen LogP) is 2.25. The number of rotatable bonds is 3. The highest BCUT2D eigenvalue weighted by atomic mass is 19.1. The molecule has 0 atom stereocenters. The number of benzene rings is 1. The van der Waals surface area contributed by atoms with Gasteiger partial charge in [0.25, 0.3) is 5.56 Å². The van der Waals surface area contributed by atoms with Crippen molar-refractivity contribution in [3.8, 4) is 17.1 Å². The number of pyridine rings is 1. The van der Waals surface area contributed by atoms with Crippen molar-refractivity contribution in [3.05, 3.63) is 65.1 Å². The Hall–Kier alpha value is -2.76. The minimum absolute atomic E-state index is 0.0938. The summed E-state index contributed by atoms with van der Waals surface area (Å²) >= 11 is 0. The Balaban J connectivity index is 2.08. The molecule has 2 aromatic heterocycles. The fourth-order valence-electron chi connectivity index (χ4n) is 2.12. The van der Waals surface area contributed by atoms with E-state index in [2.05, 4.69) is 10.1 Å². The zero-order valence-corrected chi connectivity index (χ0v) is 11.4. The van der Waals surface area contributed by atoms with E-state index in [4.69, 9.17) is 0 Å². The molecule has 0 bridgehead atoms. The van der Waals surface area contributed by atoms with Crippen molar-refractivity contribution in [3.63, 3.8) is 0 Å². The highest BCUT2D eigenvalue weighted by Crippen LogP contribution is 2.18. The molecule has 3 aromatic rings. The van der Waals surface area contributed by atoms with Gasteiger partial charge < -0.3 is 4.57 Å². The Labute approximate surface area is 120 Å². The number of hydrogen-bond acceptors (Lipinski definition) is 3. The van der Waals surface area contributed by atoms with E-state index in [-0.39, 0.29) is 11.4 Å². The third kappa shape index (κ3) is 2.47. The van der Waals surface area contributed by atoms with Crippen LogP contribution in [0.5, 0.6) is 0 Å². The van der Waals surface area contributed by atoms with Crippen molar-refractivity contribution >= 4 is 0 Å². The SMILES string of the molecule is CCn1ccc(-c2ncnn2-c2ccc(F)cc2)cc1=O. The zero-order valence-electron chi connectivity index (χ0n) is 11.4. The van der Waals surface area contributed by atoms with Crippen LogP contribution in [0, 0.1) is 5.82 Å². The first-order valence-electron chi connectivity index (χ1n) is 6.56. The normalized spacial score (nSPS) is 10.8. The summed E-state index contributed by atoms with van der Waals surface area (Å²) in [6.07, 6.45) is 3.13. The minimum atomic E-state index is -0.314. The van der Waals surface area contributed by atoms with Crippen molar-refractivity contribution in [1.82, 2.24) is 19.3 Å². The van der Waals surface area contributed by atoms with Gasteiger partial charge in [-0.05, 0) is 37.3 Å². The maximum atomic E-state index is 13.0. The van der Waals surface area contributed by atoms with Gasteiger partial charge in [0, 0.05) is 24.4 Å². The second kappa shape index (κ2) is 5.32. The summed E-state index contributed by atoms with van der Waals surface area (Å²) in [7, 11) is 0. The summed E-state index contributed by atoms with van der Waals surface area (Å²) in [6.45, 7) is 2.52. The standard InChI is InChI=1S/C15H13FN4O/c1-2-19-8-7-11(9-14(19)21)15-17-10-18-20(15)13-5-3-12(16)4-6-13/h3-10H,2H2,1H3. The number of aryl methyl sites for hydroxylation is 1. The second-order valence-electron chi connectivity index (χ2n) is 4.51. The number of nitrogens with zero attached hydrogens (tertiary/aromatic N) is 4. The molecule has 5 nitrogen and oxygen atoms in total. The van der Waals surface area contributed by atoms with E-state index < -0.39 is 0 Å². The monoisotopic (exact) mass is 284 g/mol. The Kier molecular flexibility index (Phi) is 3.35. The van der Waals surface area contributed by atoms with E-state index in [9.17, 15) is 9.18 Å². The van der Waals surface area contributed by atoms with Crippen LogP contribution >= 0.6 is 0 Å². The largest absolute Gasteiger partial charge is 0.316 e. The third-order valence-electron chi connectivity index (χ3n) is 3.21. The topological polar surface area (TPSA) is 52.7 Å². The van der Waals surface area contributed by atoms with Crippen molar-refractivity contribution in [1.29, 1.82) is 0 Å². The van der Waals surface area contributed by atoms with Crippen LogP contribution in [-0.2, 0) is 6.54 Å². The molecule has 0 spiro atoms. The molecule has 0 saturated carbocycles. The molecule has 6 heteroatoms. The fourth-order valence-corrected chi connectivity index (χ4v) is 2.12. The predicted molar refractivity (Wildman–Crippen MR) is 76.7 cm³/mol. The van der Waals surface area contributed by atoms with Gasteiger partial charge in [-0.1, -0.05) is 0 Å². The summed E-state index contributed by atoms with van der Waals surface area (Å²) in [5.74, 6) is 0.230. The second-order valence-corrected chi connectivity index (χ2v) is 4.51. The van der Waals surface area contributed by atoms with Crippen LogP contribution < -0.4 is 5.56 Å². The van der Waals surface area contributed by atoms with E-state index in [1.54, 1.807) is 27.6 Å². The van der Waals surface area contributed by atoms with Crippen LogP contribution in [0.3, 0.4) is 0 Å². The highest BCUT2D eigenvalue weighted by Gasteiger charge is 2.10. The lowest BCUT2D eigenvalue weighted by atomic mass is 10.2. The van der Waals surface area contributed by atoms with Gasteiger partial charge in [-0.15, -0.1) is 0 Å². The van der Waals surface area contributed by atoms with Crippen LogP contribution in [0.2, 0.25) is 0 Å². The maximum Gasteiger partial charge on any atom is 0.251 e. The summed E-state index contributed by atoms with van der Waals surface area (Å²) in [6, 6.07) is 9.27. The van der Waals surface area contributed by atoms with Gasteiger partial charge in [-0.25, -0.2) is 14.1 Å². The van der Waals surface area contributed by atoms with Gasteiger partial charge in [-0.2, -0.15) is 5.10 Å². The maximum absolute atomic E-state index is 13.0. The first-order valence-corrected chi connectivity index (χ1v) is 6.56. The lowest BCUT2D eigenvalue weighted by Crippen LogP contribution is -2.17. The van der Waals surface area contributed by atoms with Crippen molar-refractivity contribution in [2.24, 2.45) is 0 Å². The first-order chi connectivity index (χ1) is 10.2. The molecule has 2 heterocycles. The molecule has 0 saturated heterocycles. The molecule has 3 rings (SSSR count). The number of hydrogen-bond donors (Lipinski definition) is 0. The van der Waals surface area contributed by atoms with Crippen LogP contribution in [0.1, 0.15) is 6.92 Å². The van der Waals surface area contributed by atoms with Gasteiger partial charge >= 0.3 is 0 Å². The average molecular weight is 284 g/mol. The summed E-state index contributed by atoms with van der Waals surface area (Å²) in [5.41, 5.74) is 1.26. The van der Waals surface area contributed by atoms with Crippen molar-refractivity contribution in [2.45, 2.75) is 13.5 Å². The summed E-state index contributed by atoms with van der Waals surface area (Å²) in [4.78, 5) is 16.1. The molecule has 0 fully saturated rings. The van der Waals surface area contributed by atoms with E-state index in [0.29, 0.717) is 23.6 Å². The summed E-state index contributed by atoms with van der Waals surface area (Å²) in [5, 5.41) is 4.14. The molecule has 106 valence electrons. The Morgan fingerprint density at radius 2 is 1.95 bits per heavy atom. The molecule has 0 amide bonds. The molecular formula is C15H13FN4O. The molecule has 0 unspecified atom stereocenters. The highest BCUT2D eigenvalue weighted by molar-refractivity contribution is 5.56. The Morgan fingerprint density at radius 3 is 2.62 bits per heavy atom. The fraction of sp³-hybridized carbons (Fsp3) is 0.133. The number of halogens is 1. The van der Waals surface area contributed by atoms with Crippen molar-refractivity contribution < 1.29 is 4.39 Å². The molecule has 0 N–H and O–H groups in total. The third-order valence-corrected chi connectivity index (χ3v) is 3.21. The Bertz CT molecular complexity index is 820. The van der Waals surface area contributed by atoms with E-state index in [1.165, 1.54) is 24.5 Å². The van der Waals surface area contributed by atoms with E-state index in [1.807, 2.05) is 13.0 Å². The average Bonchev–Trinajstić information content (AvgIpc) is 2.97. The molecular weight excluding hydrogens is 271 g/mol. The summed E-state index contributed by atoms with van der Waals surface area (Å²) < 4.78 is 16.2. The molecule has 0 radical (unpaired) electrons. The molecule has 0 aliphatic carbocycles. The smallest absolute Gasteiger partial charge is 0.251 e. The Morgan fingerprint density at radius 1 is 1.19 bits per heavy atom. The quantitative estimate of drug-likeness (QED) is 0.741. The van der Waals surface area contributed by atoms with Crippen LogP contribution in [-0.4, -0.2) is 19.3 Å². The van der Waals surface area contributed by atoms with Gasteiger partial charge in [0.05, 0.1) is 5.69 Å². The number of aromatic nitrogens is 4. The molecule has 1 aromatic carbocycles. The van der Waals surface area contributed by atoms with Gasteiger partial charge in [0.1, 0.15) is 12.1 Å². The lowest BCUT2D eigenvalue weighted by Gasteiger charge is -2.07. The van der Waals surface area contributed by atoms with E-state index in [0.717, 1.165) is 0 Å². The molecule has 0 aliphatic rings. The van der Waals surface area contributed by atoms with Crippen LogP contribution in [0.15, 0.2) is 53.7 Å². The van der Waals surface area contributed by atoms with Crippen LogP contribution in [0.25, 0.3) is 17.1 Å². The molecule has 21 heavy (non-hydrogen) atoms. The first kappa shape index (κ1) is 13.2. The molecule has 0 aliphatic heterocycles. The van der Waals surface area contributed by atoms with Gasteiger partial charge in [-0.3, -0.25) is 4.79 Å². The van der Waals surface area contributed by atoms with Gasteiger partial charge in [0.2, 0.25) is 0 Å². The lowest BCUT2D eigenvalue weighted by molar-refractivity contribution is 0.627. The van der Waals surface area contributed by atoms with E-state index >= 15 is 0 Å². The van der Waals surface area contributed by atoms with Crippen molar-refractivity contribution in [2.75, 3.05) is 0 Å². The van der Waals surface area contributed by atoms with Gasteiger partial charge in [0.15, 0.2) is 5.82 Å². The minimum Gasteiger partial charge on any atom is -0.316 e. The van der Waals surface area contributed by atoms with Crippen LogP contribution in [0.4, 0.5) is 4.39 Å². The zero-order chi connectivity index (χ0) is 14.8.